The first kappa shape index (κ1) is 13.3. The van der Waals surface area contributed by atoms with Crippen molar-refractivity contribution in [2.24, 2.45) is 0 Å². The Bertz CT molecular complexity index is 648. The molecular weight excluding hydrogens is 257 g/mol. The van der Waals surface area contributed by atoms with Gasteiger partial charge in [-0.15, -0.1) is 0 Å². The largest absolute Gasteiger partial charge is 0.416 e. The Morgan fingerprint density at radius 3 is 2.47 bits per heavy atom. The van der Waals surface area contributed by atoms with Gasteiger partial charge in [0.25, 0.3) is 0 Å². The van der Waals surface area contributed by atoms with Crippen molar-refractivity contribution in [1.82, 2.24) is 9.78 Å². The SMILES string of the molecule is Cc1cn(-c2cccc(C(F)(F)F)c2)nc(C)c1=O. The van der Waals surface area contributed by atoms with Gasteiger partial charge in [-0.05, 0) is 32.0 Å². The second-order valence-electron chi connectivity index (χ2n) is 4.22. The predicted octanol–water partition coefficient (Wildman–Crippen LogP) is 2.87. The number of rotatable bonds is 1. The van der Waals surface area contributed by atoms with Gasteiger partial charge in [-0.3, -0.25) is 4.79 Å². The predicted molar refractivity (Wildman–Crippen MR) is 64.3 cm³/mol. The molecule has 6 heteroatoms. The van der Waals surface area contributed by atoms with Gasteiger partial charge in [-0.2, -0.15) is 18.3 Å². The van der Waals surface area contributed by atoms with Crippen LogP contribution in [0.5, 0.6) is 0 Å². The summed E-state index contributed by atoms with van der Waals surface area (Å²) in [5.41, 5.74) is -0.00706. The van der Waals surface area contributed by atoms with Gasteiger partial charge in [0.2, 0.25) is 5.43 Å². The van der Waals surface area contributed by atoms with Crippen molar-refractivity contribution in [2.45, 2.75) is 20.0 Å². The van der Waals surface area contributed by atoms with Gasteiger partial charge in [0.1, 0.15) is 5.69 Å². The Balaban J connectivity index is 2.57. The summed E-state index contributed by atoms with van der Waals surface area (Å²) < 4.78 is 39.2. The molecule has 0 fully saturated rings. The summed E-state index contributed by atoms with van der Waals surface area (Å²) in [6, 6.07) is 4.80. The standard InChI is InChI=1S/C13H11F3N2O/c1-8-7-18(17-9(2)12(8)19)11-5-3-4-10(6-11)13(14,15)16/h3-7H,1-2H3. The molecule has 3 nitrogen and oxygen atoms in total. The van der Waals surface area contributed by atoms with Crippen LogP contribution in [0.25, 0.3) is 5.69 Å². The Hall–Kier alpha value is -2.11. The number of hydrogen-bond acceptors (Lipinski definition) is 2. The fourth-order valence-corrected chi connectivity index (χ4v) is 1.72. The first-order valence-electron chi connectivity index (χ1n) is 5.54. The van der Waals surface area contributed by atoms with Gasteiger partial charge in [-0.25, -0.2) is 4.68 Å². The average Bonchev–Trinajstić information content (AvgIpc) is 2.34. The number of aryl methyl sites for hydroxylation is 2. The topological polar surface area (TPSA) is 34.9 Å². The lowest BCUT2D eigenvalue weighted by molar-refractivity contribution is -0.137. The molecule has 1 aromatic carbocycles. The van der Waals surface area contributed by atoms with Crippen molar-refractivity contribution < 1.29 is 13.2 Å². The Kier molecular flexibility index (Phi) is 3.18. The highest BCUT2D eigenvalue weighted by Crippen LogP contribution is 2.30. The molecule has 0 atom stereocenters. The van der Waals surface area contributed by atoms with Crippen LogP contribution < -0.4 is 5.43 Å². The second kappa shape index (κ2) is 4.53. The number of nitrogens with zero attached hydrogens (tertiary/aromatic N) is 2. The molecule has 0 N–H and O–H groups in total. The lowest BCUT2D eigenvalue weighted by Gasteiger charge is -2.11. The molecule has 0 unspecified atom stereocenters. The van der Waals surface area contributed by atoms with Crippen LogP contribution in [0, 0.1) is 13.8 Å². The first-order chi connectivity index (χ1) is 8.79. The number of aromatic nitrogens is 2. The van der Waals surface area contributed by atoms with E-state index in [4.69, 9.17) is 0 Å². The van der Waals surface area contributed by atoms with Crippen LogP contribution in [0.3, 0.4) is 0 Å². The average molecular weight is 268 g/mol. The molecule has 1 aromatic heterocycles. The van der Waals surface area contributed by atoms with Crippen molar-refractivity contribution in [3.05, 3.63) is 57.5 Å². The van der Waals surface area contributed by atoms with Crippen LogP contribution in [0.1, 0.15) is 16.8 Å². The normalized spacial score (nSPS) is 11.6. The third-order valence-corrected chi connectivity index (χ3v) is 2.70. The quantitative estimate of drug-likeness (QED) is 0.797. The third-order valence-electron chi connectivity index (χ3n) is 2.70. The zero-order chi connectivity index (χ0) is 14.2. The molecule has 100 valence electrons. The molecule has 0 spiro atoms. The van der Waals surface area contributed by atoms with E-state index in [1.165, 1.54) is 29.9 Å². The summed E-state index contributed by atoms with van der Waals surface area (Å²) in [4.78, 5) is 11.5. The highest BCUT2D eigenvalue weighted by atomic mass is 19.4. The zero-order valence-corrected chi connectivity index (χ0v) is 10.3. The Morgan fingerprint density at radius 2 is 1.89 bits per heavy atom. The minimum atomic E-state index is -4.40. The molecule has 2 rings (SSSR count). The van der Waals surface area contributed by atoms with E-state index < -0.39 is 11.7 Å². The molecule has 0 aliphatic heterocycles. The number of halogens is 3. The fourth-order valence-electron chi connectivity index (χ4n) is 1.72. The lowest BCUT2D eigenvalue weighted by atomic mass is 10.2. The van der Waals surface area contributed by atoms with Crippen molar-refractivity contribution in [3.63, 3.8) is 0 Å². The van der Waals surface area contributed by atoms with E-state index in [2.05, 4.69) is 5.10 Å². The Morgan fingerprint density at radius 1 is 1.21 bits per heavy atom. The minimum absolute atomic E-state index is 0.205. The number of alkyl halides is 3. The molecule has 1 heterocycles. The number of benzene rings is 1. The van der Waals surface area contributed by atoms with Gasteiger partial charge in [0.15, 0.2) is 0 Å². The van der Waals surface area contributed by atoms with E-state index in [0.717, 1.165) is 12.1 Å². The van der Waals surface area contributed by atoms with Crippen LogP contribution in [0.15, 0.2) is 35.3 Å². The zero-order valence-electron chi connectivity index (χ0n) is 10.3. The molecular formula is C13H11F3N2O. The minimum Gasteiger partial charge on any atom is -0.287 e. The van der Waals surface area contributed by atoms with E-state index in [9.17, 15) is 18.0 Å². The maximum atomic E-state index is 12.6. The maximum Gasteiger partial charge on any atom is 0.416 e. The third kappa shape index (κ3) is 2.67. The summed E-state index contributed by atoms with van der Waals surface area (Å²) in [7, 11) is 0. The van der Waals surface area contributed by atoms with E-state index >= 15 is 0 Å². The summed E-state index contributed by atoms with van der Waals surface area (Å²) in [5, 5.41) is 3.96. The van der Waals surface area contributed by atoms with Gasteiger partial charge >= 0.3 is 6.18 Å². The summed E-state index contributed by atoms with van der Waals surface area (Å²) in [6.45, 7) is 3.13. The van der Waals surface area contributed by atoms with Crippen LogP contribution in [0.2, 0.25) is 0 Å². The molecule has 0 amide bonds. The van der Waals surface area contributed by atoms with E-state index in [-0.39, 0.29) is 16.8 Å². The van der Waals surface area contributed by atoms with Crippen molar-refractivity contribution in [2.75, 3.05) is 0 Å². The second-order valence-corrected chi connectivity index (χ2v) is 4.22. The molecule has 0 aliphatic carbocycles. The van der Waals surface area contributed by atoms with Gasteiger partial charge < -0.3 is 0 Å². The van der Waals surface area contributed by atoms with Crippen LogP contribution in [-0.4, -0.2) is 9.78 Å². The molecule has 0 bridgehead atoms. The molecule has 0 saturated heterocycles. The maximum absolute atomic E-state index is 12.6. The van der Waals surface area contributed by atoms with E-state index in [1.807, 2.05) is 0 Å². The van der Waals surface area contributed by atoms with Gasteiger partial charge in [0.05, 0.1) is 11.3 Å². The first-order valence-corrected chi connectivity index (χ1v) is 5.54. The van der Waals surface area contributed by atoms with Crippen molar-refractivity contribution in [3.8, 4) is 5.69 Å². The lowest BCUT2D eigenvalue weighted by Crippen LogP contribution is -2.17. The van der Waals surface area contributed by atoms with E-state index in [0.29, 0.717) is 5.56 Å². The fraction of sp³-hybridized carbons (Fsp3) is 0.231. The van der Waals surface area contributed by atoms with E-state index in [1.54, 1.807) is 6.92 Å². The van der Waals surface area contributed by atoms with Crippen LogP contribution >= 0.6 is 0 Å². The molecule has 0 radical (unpaired) electrons. The molecule has 19 heavy (non-hydrogen) atoms. The van der Waals surface area contributed by atoms with Crippen molar-refractivity contribution >= 4 is 0 Å². The summed E-state index contributed by atoms with van der Waals surface area (Å²) >= 11 is 0. The highest BCUT2D eigenvalue weighted by molar-refractivity contribution is 5.36. The summed E-state index contributed by atoms with van der Waals surface area (Å²) in [5.74, 6) is 0. The number of hydrogen-bond donors (Lipinski definition) is 0. The van der Waals surface area contributed by atoms with Crippen molar-refractivity contribution in [1.29, 1.82) is 0 Å². The Labute approximate surface area is 107 Å². The molecule has 0 aliphatic rings. The summed E-state index contributed by atoms with van der Waals surface area (Å²) in [6.07, 6.45) is -2.98. The van der Waals surface area contributed by atoms with Crippen LogP contribution in [-0.2, 0) is 6.18 Å². The molecule has 0 saturated carbocycles. The van der Waals surface area contributed by atoms with Crippen LogP contribution in [0.4, 0.5) is 13.2 Å². The monoisotopic (exact) mass is 268 g/mol. The highest BCUT2D eigenvalue weighted by Gasteiger charge is 2.30. The van der Waals surface area contributed by atoms with Gasteiger partial charge in [0, 0.05) is 11.8 Å². The van der Waals surface area contributed by atoms with Gasteiger partial charge in [-0.1, -0.05) is 6.07 Å². The molecule has 2 aromatic rings. The smallest absolute Gasteiger partial charge is 0.287 e.